The summed E-state index contributed by atoms with van der Waals surface area (Å²) >= 11 is 11.0. The maximum absolute atomic E-state index is 14.2. The van der Waals surface area contributed by atoms with Crippen LogP contribution in [0.3, 0.4) is 0 Å². The Hall–Kier alpha value is -2.16. The summed E-state index contributed by atoms with van der Waals surface area (Å²) in [4.78, 5) is 2.98. The van der Waals surface area contributed by atoms with Crippen LogP contribution in [0.5, 0.6) is 0 Å². The third-order valence-corrected chi connectivity index (χ3v) is 3.56. The first-order valence-corrected chi connectivity index (χ1v) is 6.49. The van der Waals surface area contributed by atoms with E-state index in [4.69, 9.17) is 29.1 Å². The van der Waals surface area contributed by atoms with Gasteiger partial charge in [-0.1, -0.05) is 17.7 Å². The third-order valence-electron chi connectivity index (χ3n) is 2.98. The van der Waals surface area contributed by atoms with E-state index in [-0.39, 0.29) is 10.7 Å². The molecule has 0 radical (unpaired) electrons. The van der Waals surface area contributed by atoms with Gasteiger partial charge in [-0.15, -0.1) is 0 Å². The molecule has 2 aromatic carbocycles. The van der Waals surface area contributed by atoms with Crippen LogP contribution in [0.25, 0.3) is 16.7 Å². The Morgan fingerprint density at radius 3 is 2.85 bits per heavy atom. The highest BCUT2D eigenvalue weighted by Crippen LogP contribution is 2.26. The Balaban J connectivity index is 2.42. The number of H-pyrrole nitrogens is 1. The monoisotopic (exact) mass is 303 g/mol. The number of aromatic nitrogens is 2. The largest absolute Gasteiger partial charge is 0.330 e. The van der Waals surface area contributed by atoms with Crippen molar-refractivity contribution in [1.82, 2.24) is 9.55 Å². The van der Waals surface area contributed by atoms with Crippen molar-refractivity contribution in [2.45, 2.75) is 0 Å². The Bertz CT molecular complexity index is 920. The summed E-state index contributed by atoms with van der Waals surface area (Å²) < 4.78 is 16.1. The Kier molecular flexibility index (Phi) is 3.05. The van der Waals surface area contributed by atoms with Gasteiger partial charge in [0.15, 0.2) is 10.6 Å². The standard InChI is InChI=1S/C14H7ClFN3S/c15-9-2-1-3-11(13(9)16)19-12-6-8(7-17)4-5-10(12)18-14(19)20/h1-6H,(H,18,20). The first kappa shape index (κ1) is 12.9. The van der Waals surface area contributed by atoms with Gasteiger partial charge >= 0.3 is 0 Å². The lowest BCUT2D eigenvalue weighted by Gasteiger charge is -2.07. The van der Waals surface area contributed by atoms with Crippen LogP contribution in [-0.2, 0) is 0 Å². The minimum absolute atomic E-state index is 0.0233. The maximum atomic E-state index is 14.2. The van der Waals surface area contributed by atoms with Gasteiger partial charge in [0.25, 0.3) is 0 Å². The van der Waals surface area contributed by atoms with E-state index in [1.165, 1.54) is 10.6 Å². The average Bonchev–Trinajstić information content (AvgIpc) is 2.77. The van der Waals surface area contributed by atoms with E-state index in [2.05, 4.69) is 11.1 Å². The molecule has 0 aliphatic heterocycles. The molecule has 0 aliphatic carbocycles. The molecule has 0 saturated carbocycles. The summed E-state index contributed by atoms with van der Waals surface area (Å²) in [5, 5.41) is 9.00. The summed E-state index contributed by atoms with van der Waals surface area (Å²) in [6.45, 7) is 0. The van der Waals surface area contributed by atoms with Crippen LogP contribution in [-0.4, -0.2) is 9.55 Å². The van der Waals surface area contributed by atoms with Crippen LogP contribution in [0.15, 0.2) is 36.4 Å². The van der Waals surface area contributed by atoms with Gasteiger partial charge in [-0.3, -0.25) is 4.57 Å². The molecule has 0 bridgehead atoms. The summed E-state index contributed by atoms with van der Waals surface area (Å²) in [6.07, 6.45) is 0. The highest BCUT2D eigenvalue weighted by molar-refractivity contribution is 7.71. The van der Waals surface area contributed by atoms with Gasteiger partial charge in [0.1, 0.15) is 0 Å². The number of rotatable bonds is 1. The first-order valence-electron chi connectivity index (χ1n) is 5.71. The van der Waals surface area contributed by atoms with Crippen LogP contribution >= 0.6 is 23.8 Å². The molecule has 1 heterocycles. The summed E-state index contributed by atoms with van der Waals surface area (Å²) in [7, 11) is 0. The van der Waals surface area contributed by atoms with Gasteiger partial charge in [-0.05, 0) is 42.5 Å². The molecular weight excluding hydrogens is 297 g/mol. The minimum atomic E-state index is -0.548. The molecule has 0 aliphatic rings. The van der Waals surface area contributed by atoms with Gasteiger partial charge in [0.05, 0.1) is 33.4 Å². The molecule has 0 spiro atoms. The average molecular weight is 304 g/mol. The quantitative estimate of drug-likeness (QED) is 0.679. The number of nitrogens with one attached hydrogen (secondary N) is 1. The van der Waals surface area contributed by atoms with E-state index in [9.17, 15) is 4.39 Å². The number of fused-ring (bicyclic) bond motifs is 1. The molecule has 20 heavy (non-hydrogen) atoms. The SMILES string of the molecule is N#Cc1ccc2[nH]c(=S)n(-c3cccc(Cl)c3F)c2c1. The van der Waals surface area contributed by atoms with Gasteiger partial charge in [0, 0.05) is 0 Å². The van der Waals surface area contributed by atoms with Crippen molar-refractivity contribution in [3.63, 3.8) is 0 Å². The van der Waals surface area contributed by atoms with E-state index < -0.39 is 5.82 Å². The van der Waals surface area contributed by atoms with Crippen LogP contribution in [0.2, 0.25) is 5.02 Å². The predicted molar refractivity (Wildman–Crippen MR) is 78.1 cm³/mol. The topological polar surface area (TPSA) is 44.5 Å². The Morgan fingerprint density at radius 2 is 2.10 bits per heavy atom. The van der Waals surface area contributed by atoms with E-state index in [0.717, 1.165) is 5.52 Å². The van der Waals surface area contributed by atoms with Crippen molar-refractivity contribution in [2.75, 3.05) is 0 Å². The normalized spacial score (nSPS) is 10.7. The second-order valence-electron chi connectivity index (χ2n) is 4.18. The zero-order chi connectivity index (χ0) is 14.3. The van der Waals surface area contributed by atoms with Crippen molar-refractivity contribution >= 4 is 34.9 Å². The molecule has 0 amide bonds. The number of benzene rings is 2. The smallest absolute Gasteiger partial charge is 0.182 e. The molecule has 98 valence electrons. The molecule has 3 rings (SSSR count). The van der Waals surface area contributed by atoms with E-state index >= 15 is 0 Å². The fourth-order valence-electron chi connectivity index (χ4n) is 2.08. The highest BCUT2D eigenvalue weighted by atomic mass is 35.5. The van der Waals surface area contributed by atoms with Crippen molar-refractivity contribution in [3.05, 3.63) is 57.6 Å². The van der Waals surface area contributed by atoms with E-state index in [0.29, 0.717) is 15.9 Å². The number of aromatic amines is 1. The van der Waals surface area contributed by atoms with Crippen molar-refractivity contribution in [1.29, 1.82) is 5.26 Å². The van der Waals surface area contributed by atoms with Crippen molar-refractivity contribution in [3.8, 4) is 11.8 Å². The first-order chi connectivity index (χ1) is 9.61. The summed E-state index contributed by atoms with van der Waals surface area (Å²) in [5.74, 6) is -0.548. The minimum Gasteiger partial charge on any atom is -0.330 e. The zero-order valence-electron chi connectivity index (χ0n) is 10.0. The van der Waals surface area contributed by atoms with Gasteiger partial charge in [-0.2, -0.15) is 5.26 Å². The van der Waals surface area contributed by atoms with Crippen LogP contribution in [0.1, 0.15) is 5.56 Å². The molecule has 0 unspecified atom stereocenters. The van der Waals surface area contributed by atoms with Gasteiger partial charge in [-0.25, -0.2) is 4.39 Å². The number of imidazole rings is 1. The number of hydrogen-bond acceptors (Lipinski definition) is 2. The molecule has 6 heteroatoms. The Morgan fingerprint density at radius 1 is 1.30 bits per heavy atom. The zero-order valence-corrected chi connectivity index (χ0v) is 11.6. The van der Waals surface area contributed by atoms with Crippen LogP contribution < -0.4 is 0 Å². The van der Waals surface area contributed by atoms with Gasteiger partial charge in [0.2, 0.25) is 0 Å². The lowest BCUT2D eigenvalue weighted by Crippen LogP contribution is -1.98. The van der Waals surface area contributed by atoms with E-state index in [1.54, 1.807) is 30.3 Å². The predicted octanol–water partition coefficient (Wildman–Crippen LogP) is 4.35. The lowest BCUT2D eigenvalue weighted by molar-refractivity contribution is 0.619. The lowest BCUT2D eigenvalue weighted by atomic mass is 10.2. The van der Waals surface area contributed by atoms with Gasteiger partial charge < -0.3 is 4.98 Å². The second kappa shape index (κ2) is 4.75. The third kappa shape index (κ3) is 1.90. The maximum Gasteiger partial charge on any atom is 0.182 e. The van der Waals surface area contributed by atoms with Crippen molar-refractivity contribution < 1.29 is 4.39 Å². The fourth-order valence-corrected chi connectivity index (χ4v) is 2.55. The van der Waals surface area contributed by atoms with Crippen LogP contribution in [0, 0.1) is 21.9 Å². The molecule has 0 atom stereocenters. The van der Waals surface area contributed by atoms with Crippen molar-refractivity contribution in [2.24, 2.45) is 0 Å². The highest BCUT2D eigenvalue weighted by Gasteiger charge is 2.13. The molecule has 0 fully saturated rings. The summed E-state index contributed by atoms with van der Waals surface area (Å²) in [5.41, 5.74) is 2.09. The fraction of sp³-hybridized carbons (Fsp3) is 0. The molecular formula is C14H7ClFN3S. The number of hydrogen-bond donors (Lipinski definition) is 1. The molecule has 0 saturated heterocycles. The molecule has 3 nitrogen and oxygen atoms in total. The number of halogens is 2. The second-order valence-corrected chi connectivity index (χ2v) is 4.98. The van der Waals surface area contributed by atoms with E-state index in [1.807, 2.05) is 0 Å². The van der Waals surface area contributed by atoms with Crippen LogP contribution in [0.4, 0.5) is 4.39 Å². The molecule has 1 aromatic heterocycles. The molecule has 1 N–H and O–H groups in total. The number of nitriles is 1. The number of nitrogens with zero attached hydrogens (tertiary/aromatic N) is 2. The molecule has 3 aromatic rings. The Labute approximate surface area is 123 Å². The summed E-state index contributed by atoms with van der Waals surface area (Å²) in [6, 6.07) is 11.8.